The first-order valence-electron chi connectivity index (χ1n) is 6.09. The Kier molecular flexibility index (Phi) is 4.36. The van der Waals surface area contributed by atoms with Crippen LogP contribution in [0.4, 0.5) is 5.69 Å². The van der Waals surface area contributed by atoms with E-state index in [4.69, 9.17) is 5.73 Å². The number of piperazine rings is 1. The zero-order valence-electron chi connectivity index (χ0n) is 11.0. The molecule has 1 saturated heterocycles. The molecule has 1 aliphatic rings. The fraction of sp³-hybridized carbons (Fsp3) is 0.417. The number of nitrogens with two attached hydrogens (primary N) is 1. The number of hydrogen-bond acceptors (Lipinski definition) is 4. The highest BCUT2D eigenvalue weighted by Gasteiger charge is 2.27. The molecule has 0 radical (unpaired) electrons. The van der Waals surface area contributed by atoms with Crippen LogP contribution in [0.25, 0.3) is 0 Å². The molecule has 110 valence electrons. The van der Waals surface area contributed by atoms with E-state index in [0.29, 0.717) is 41.9 Å². The van der Waals surface area contributed by atoms with E-state index in [9.17, 15) is 13.2 Å². The topological polar surface area (TPSA) is 83.7 Å². The van der Waals surface area contributed by atoms with E-state index in [1.165, 1.54) is 10.6 Å². The molecule has 1 aromatic rings. The van der Waals surface area contributed by atoms with Crippen molar-refractivity contribution < 1.29 is 13.2 Å². The fourth-order valence-electron chi connectivity index (χ4n) is 2.11. The second-order valence-corrected chi connectivity index (χ2v) is 7.44. The largest absolute Gasteiger partial charge is 0.398 e. The third-order valence-corrected chi connectivity index (χ3v) is 5.44. The highest BCUT2D eigenvalue weighted by Crippen LogP contribution is 2.25. The summed E-state index contributed by atoms with van der Waals surface area (Å²) < 4.78 is 24.8. The first kappa shape index (κ1) is 15.3. The van der Waals surface area contributed by atoms with Gasteiger partial charge in [0.15, 0.2) is 0 Å². The van der Waals surface area contributed by atoms with Gasteiger partial charge in [-0.05, 0) is 28.1 Å². The summed E-state index contributed by atoms with van der Waals surface area (Å²) in [5.41, 5.74) is 6.77. The smallest absolute Gasteiger partial charge is 0.255 e. The van der Waals surface area contributed by atoms with Gasteiger partial charge in [-0.1, -0.05) is 6.07 Å². The second-order valence-electron chi connectivity index (χ2n) is 4.66. The zero-order valence-corrected chi connectivity index (χ0v) is 13.4. The molecular formula is C12H16BrN3O3S. The molecule has 1 amide bonds. The van der Waals surface area contributed by atoms with E-state index in [1.54, 1.807) is 23.1 Å². The van der Waals surface area contributed by atoms with Gasteiger partial charge in [-0.25, -0.2) is 8.42 Å². The molecule has 0 saturated carbocycles. The van der Waals surface area contributed by atoms with Crippen molar-refractivity contribution in [2.75, 3.05) is 38.2 Å². The Labute approximate surface area is 126 Å². The lowest BCUT2D eigenvalue weighted by molar-refractivity contribution is 0.0697. The molecule has 1 fully saturated rings. The van der Waals surface area contributed by atoms with E-state index < -0.39 is 10.0 Å². The Balaban J connectivity index is 2.11. The monoisotopic (exact) mass is 361 g/mol. The number of rotatable bonds is 2. The number of sulfonamides is 1. The van der Waals surface area contributed by atoms with E-state index in [1.807, 2.05) is 0 Å². The number of carbonyl (C=O) groups excluding carboxylic acids is 1. The number of benzene rings is 1. The minimum absolute atomic E-state index is 0.141. The van der Waals surface area contributed by atoms with Crippen LogP contribution in [0.3, 0.4) is 0 Å². The van der Waals surface area contributed by atoms with Crippen molar-refractivity contribution in [2.24, 2.45) is 0 Å². The van der Waals surface area contributed by atoms with Crippen LogP contribution in [0, 0.1) is 0 Å². The van der Waals surface area contributed by atoms with Gasteiger partial charge in [0.2, 0.25) is 10.0 Å². The highest BCUT2D eigenvalue weighted by atomic mass is 79.9. The van der Waals surface area contributed by atoms with Gasteiger partial charge < -0.3 is 10.6 Å². The van der Waals surface area contributed by atoms with Crippen LogP contribution in [-0.2, 0) is 10.0 Å². The minimum Gasteiger partial charge on any atom is -0.398 e. The van der Waals surface area contributed by atoms with Crippen LogP contribution in [0.5, 0.6) is 0 Å². The number of anilines is 1. The van der Waals surface area contributed by atoms with Gasteiger partial charge in [0.1, 0.15) is 0 Å². The van der Waals surface area contributed by atoms with Crippen molar-refractivity contribution in [3.63, 3.8) is 0 Å². The van der Waals surface area contributed by atoms with Crippen molar-refractivity contribution in [1.29, 1.82) is 0 Å². The number of nitrogen functional groups attached to an aromatic ring is 1. The summed E-state index contributed by atoms with van der Waals surface area (Å²) in [6.07, 6.45) is 1.18. The van der Waals surface area contributed by atoms with E-state index >= 15 is 0 Å². The van der Waals surface area contributed by atoms with E-state index in [0.717, 1.165) is 0 Å². The van der Waals surface area contributed by atoms with Crippen molar-refractivity contribution >= 4 is 37.5 Å². The molecule has 2 rings (SSSR count). The van der Waals surface area contributed by atoms with Crippen LogP contribution in [0.1, 0.15) is 10.4 Å². The summed E-state index contributed by atoms with van der Waals surface area (Å²) >= 11 is 3.31. The van der Waals surface area contributed by atoms with E-state index in [-0.39, 0.29) is 5.91 Å². The molecule has 0 aromatic heterocycles. The van der Waals surface area contributed by atoms with Gasteiger partial charge >= 0.3 is 0 Å². The van der Waals surface area contributed by atoms with Gasteiger partial charge in [-0.3, -0.25) is 4.79 Å². The van der Waals surface area contributed by atoms with E-state index in [2.05, 4.69) is 15.9 Å². The summed E-state index contributed by atoms with van der Waals surface area (Å²) in [5.74, 6) is -0.141. The molecule has 0 unspecified atom stereocenters. The third-order valence-electron chi connectivity index (χ3n) is 3.25. The first-order chi connectivity index (χ1) is 9.30. The van der Waals surface area contributed by atoms with Crippen LogP contribution in [-0.4, -0.2) is 56.0 Å². The third kappa shape index (κ3) is 3.13. The molecule has 1 aliphatic heterocycles. The fourth-order valence-corrected chi connectivity index (χ4v) is 3.37. The summed E-state index contributed by atoms with van der Waals surface area (Å²) in [6.45, 7) is 1.41. The Bertz CT molecular complexity index is 625. The quantitative estimate of drug-likeness (QED) is 0.787. The van der Waals surface area contributed by atoms with Gasteiger partial charge in [-0.2, -0.15) is 4.31 Å². The Hall–Kier alpha value is -1.12. The molecule has 0 aliphatic carbocycles. The Morgan fingerprint density at radius 3 is 2.40 bits per heavy atom. The van der Waals surface area contributed by atoms with Gasteiger partial charge in [-0.15, -0.1) is 0 Å². The van der Waals surface area contributed by atoms with Crippen molar-refractivity contribution in [3.05, 3.63) is 28.2 Å². The van der Waals surface area contributed by atoms with Crippen LogP contribution >= 0.6 is 15.9 Å². The first-order valence-corrected chi connectivity index (χ1v) is 8.73. The van der Waals surface area contributed by atoms with Crippen molar-refractivity contribution in [2.45, 2.75) is 0 Å². The molecule has 8 heteroatoms. The zero-order chi connectivity index (χ0) is 14.9. The summed E-state index contributed by atoms with van der Waals surface area (Å²) in [4.78, 5) is 14.0. The molecule has 0 bridgehead atoms. The maximum atomic E-state index is 12.4. The molecule has 1 heterocycles. The lowest BCUT2D eigenvalue weighted by Gasteiger charge is -2.33. The average molecular weight is 362 g/mol. The molecule has 0 spiro atoms. The lowest BCUT2D eigenvalue weighted by atomic mass is 10.1. The number of hydrogen-bond donors (Lipinski definition) is 1. The van der Waals surface area contributed by atoms with Crippen LogP contribution in [0.2, 0.25) is 0 Å². The van der Waals surface area contributed by atoms with Gasteiger partial charge in [0.25, 0.3) is 5.91 Å². The van der Waals surface area contributed by atoms with Gasteiger partial charge in [0, 0.05) is 31.9 Å². The molecule has 6 nitrogen and oxygen atoms in total. The molecule has 0 atom stereocenters. The second kappa shape index (κ2) is 5.71. The molecular weight excluding hydrogens is 346 g/mol. The molecule has 1 aromatic carbocycles. The van der Waals surface area contributed by atoms with Crippen LogP contribution < -0.4 is 5.73 Å². The minimum atomic E-state index is -3.19. The maximum absolute atomic E-state index is 12.4. The lowest BCUT2D eigenvalue weighted by Crippen LogP contribution is -2.50. The predicted octanol–water partition coefficient (Wildman–Crippen LogP) is 0.749. The summed E-state index contributed by atoms with van der Waals surface area (Å²) in [5, 5.41) is 0. The average Bonchev–Trinajstić information content (AvgIpc) is 2.40. The maximum Gasteiger partial charge on any atom is 0.255 e. The Morgan fingerprint density at radius 2 is 1.85 bits per heavy atom. The van der Waals surface area contributed by atoms with Crippen molar-refractivity contribution in [3.8, 4) is 0 Å². The standard InChI is InChI=1S/C12H16BrN3O3S/c1-20(18,19)16-7-5-15(6-8-16)12(17)9-3-2-4-10(14)11(9)13/h2-4H,5-8,14H2,1H3. The van der Waals surface area contributed by atoms with Gasteiger partial charge in [0.05, 0.1) is 16.3 Å². The normalized spacial score (nSPS) is 17.2. The number of halogens is 1. The number of nitrogens with zero attached hydrogens (tertiary/aromatic N) is 2. The van der Waals surface area contributed by atoms with Crippen molar-refractivity contribution in [1.82, 2.24) is 9.21 Å². The number of amides is 1. The Morgan fingerprint density at radius 1 is 1.25 bits per heavy atom. The molecule has 20 heavy (non-hydrogen) atoms. The summed E-state index contributed by atoms with van der Waals surface area (Å²) in [7, 11) is -3.19. The molecule has 2 N–H and O–H groups in total. The highest BCUT2D eigenvalue weighted by molar-refractivity contribution is 9.10. The van der Waals surface area contributed by atoms with Crippen LogP contribution in [0.15, 0.2) is 22.7 Å². The predicted molar refractivity (Wildman–Crippen MR) is 80.9 cm³/mol. The summed E-state index contributed by atoms with van der Waals surface area (Å²) in [6, 6.07) is 5.13. The number of carbonyl (C=O) groups is 1. The SMILES string of the molecule is CS(=O)(=O)N1CCN(C(=O)c2cccc(N)c2Br)CC1.